The topological polar surface area (TPSA) is 69.6 Å². The Kier molecular flexibility index (Phi) is 42.3. The van der Waals surface area contributed by atoms with Crippen molar-refractivity contribution in [3.8, 4) is 0 Å². The molecule has 4 nitrogen and oxygen atoms in total. The molecule has 2 unspecified atom stereocenters. The molecule has 51 heavy (non-hydrogen) atoms. The van der Waals surface area contributed by atoms with E-state index in [0.29, 0.717) is 12.8 Å². The molecule has 0 radical (unpaired) electrons. The van der Waals surface area contributed by atoms with Crippen molar-refractivity contribution in [2.24, 2.45) is 0 Å². The molecular weight excluding hydrogens is 627 g/mol. The van der Waals surface area contributed by atoms with E-state index in [2.05, 4.69) is 43.5 Å². The average Bonchev–Trinajstić information content (AvgIpc) is 3.13. The Hall–Kier alpha value is -1.13. The fourth-order valence-electron chi connectivity index (χ4n) is 7.16. The van der Waals surface area contributed by atoms with Crippen LogP contribution in [-0.2, 0) is 4.79 Å². The Labute approximate surface area is 319 Å². The molecule has 0 bridgehead atoms. The molecule has 0 rings (SSSR count). The summed E-state index contributed by atoms with van der Waals surface area (Å²) in [5.41, 5.74) is 0. The van der Waals surface area contributed by atoms with Crippen molar-refractivity contribution >= 4 is 5.91 Å². The van der Waals surface area contributed by atoms with Crippen molar-refractivity contribution in [2.75, 3.05) is 6.61 Å². The van der Waals surface area contributed by atoms with E-state index in [1.807, 2.05) is 0 Å². The Bertz CT molecular complexity index is 735. The largest absolute Gasteiger partial charge is 0.394 e. The number of unbranched alkanes of at least 4 members (excludes halogenated alkanes) is 31. The fraction of sp³-hybridized carbons (Fsp3) is 0.894. The van der Waals surface area contributed by atoms with Crippen LogP contribution in [0.3, 0.4) is 0 Å². The highest BCUT2D eigenvalue weighted by Crippen LogP contribution is 2.16. The molecule has 0 aliphatic rings. The maximum absolute atomic E-state index is 12.3. The van der Waals surface area contributed by atoms with Gasteiger partial charge in [-0.05, 0) is 44.9 Å². The number of nitrogens with one attached hydrogen (secondary N) is 1. The van der Waals surface area contributed by atoms with Crippen LogP contribution in [0.1, 0.15) is 251 Å². The molecule has 0 spiro atoms. The van der Waals surface area contributed by atoms with Gasteiger partial charge in [-0.15, -0.1) is 0 Å². The first-order valence-corrected chi connectivity index (χ1v) is 23.0. The number of carbonyl (C=O) groups excluding carboxylic acids is 1. The highest BCUT2D eigenvalue weighted by atomic mass is 16.3. The molecule has 0 aromatic carbocycles. The number of aliphatic hydroxyl groups is 2. The Balaban J connectivity index is 3.33. The maximum atomic E-state index is 12.3. The summed E-state index contributed by atoms with van der Waals surface area (Å²) in [7, 11) is 0. The molecule has 0 saturated carbocycles. The number of hydrogen-bond donors (Lipinski definition) is 3. The van der Waals surface area contributed by atoms with Crippen molar-refractivity contribution in [3.05, 3.63) is 24.3 Å². The number of amides is 1. The normalized spacial score (nSPS) is 13.1. The van der Waals surface area contributed by atoms with E-state index < -0.39 is 12.1 Å². The van der Waals surface area contributed by atoms with Gasteiger partial charge in [0.1, 0.15) is 0 Å². The molecular formula is C47H91NO3. The average molecular weight is 718 g/mol. The molecule has 0 aliphatic carbocycles. The second kappa shape index (κ2) is 43.3. The van der Waals surface area contributed by atoms with Crippen LogP contribution in [0.15, 0.2) is 24.3 Å². The van der Waals surface area contributed by atoms with Crippen LogP contribution < -0.4 is 5.32 Å². The predicted octanol–water partition coefficient (Wildman–Crippen LogP) is 14.4. The van der Waals surface area contributed by atoms with Gasteiger partial charge in [0.25, 0.3) is 0 Å². The molecule has 4 heteroatoms. The maximum Gasteiger partial charge on any atom is 0.220 e. The van der Waals surface area contributed by atoms with E-state index in [-0.39, 0.29) is 12.5 Å². The van der Waals surface area contributed by atoms with Gasteiger partial charge in [0.15, 0.2) is 0 Å². The smallest absolute Gasteiger partial charge is 0.220 e. The third kappa shape index (κ3) is 39.9. The lowest BCUT2D eigenvalue weighted by molar-refractivity contribution is -0.123. The summed E-state index contributed by atoms with van der Waals surface area (Å²) < 4.78 is 0. The van der Waals surface area contributed by atoms with Crippen LogP contribution in [0.4, 0.5) is 0 Å². The summed E-state index contributed by atoms with van der Waals surface area (Å²) in [6.45, 7) is 4.30. The number of aliphatic hydroxyl groups excluding tert-OH is 2. The van der Waals surface area contributed by atoms with Gasteiger partial charge in [-0.3, -0.25) is 4.79 Å². The van der Waals surface area contributed by atoms with Crippen molar-refractivity contribution in [1.29, 1.82) is 0 Å². The Morgan fingerprint density at radius 1 is 0.471 bits per heavy atom. The van der Waals surface area contributed by atoms with Crippen molar-refractivity contribution in [1.82, 2.24) is 5.32 Å². The zero-order valence-electron chi connectivity index (χ0n) is 34.6. The van der Waals surface area contributed by atoms with E-state index in [1.165, 1.54) is 193 Å². The number of hydrogen-bond acceptors (Lipinski definition) is 3. The quantitative estimate of drug-likeness (QED) is 0.0435. The minimum atomic E-state index is -0.652. The van der Waals surface area contributed by atoms with Crippen LogP contribution >= 0.6 is 0 Å². The predicted molar refractivity (Wildman–Crippen MR) is 225 cm³/mol. The molecule has 0 fully saturated rings. The van der Waals surface area contributed by atoms with E-state index in [1.54, 1.807) is 0 Å². The van der Waals surface area contributed by atoms with Gasteiger partial charge in [0.2, 0.25) is 5.91 Å². The van der Waals surface area contributed by atoms with Crippen molar-refractivity contribution in [2.45, 2.75) is 264 Å². The number of carbonyl (C=O) groups is 1. The van der Waals surface area contributed by atoms with E-state index in [4.69, 9.17) is 0 Å². The lowest BCUT2D eigenvalue weighted by Crippen LogP contribution is -2.45. The summed E-state index contributed by atoms with van der Waals surface area (Å²) in [6.07, 6.45) is 55.9. The number of rotatable bonds is 42. The minimum Gasteiger partial charge on any atom is -0.394 e. The molecule has 0 saturated heterocycles. The molecule has 302 valence electrons. The van der Waals surface area contributed by atoms with Gasteiger partial charge in [-0.2, -0.15) is 0 Å². The van der Waals surface area contributed by atoms with Crippen LogP contribution in [-0.4, -0.2) is 34.9 Å². The minimum absolute atomic E-state index is 0.0335. The Morgan fingerprint density at radius 2 is 0.804 bits per heavy atom. The van der Waals surface area contributed by atoms with Gasteiger partial charge < -0.3 is 15.5 Å². The highest BCUT2D eigenvalue weighted by Gasteiger charge is 2.20. The van der Waals surface area contributed by atoms with E-state index in [0.717, 1.165) is 32.1 Å². The zero-order valence-corrected chi connectivity index (χ0v) is 34.6. The summed E-state index contributed by atoms with van der Waals surface area (Å²) in [5.74, 6) is -0.0335. The van der Waals surface area contributed by atoms with Crippen LogP contribution in [0, 0.1) is 0 Å². The molecule has 0 aromatic heterocycles. The second-order valence-corrected chi connectivity index (χ2v) is 15.8. The first-order valence-electron chi connectivity index (χ1n) is 23.0. The van der Waals surface area contributed by atoms with Crippen molar-refractivity contribution < 1.29 is 15.0 Å². The summed E-state index contributed by atoms with van der Waals surface area (Å²) in [5, 5.41) is 22.9. The monoisotopic (exact) mass is 718 g/mol. The molecule has 0 aliphatic heterocycles. The van der Waals surface area contributed by atoms with Crippen LogP contribution in [0.2, 0.25) is 0 Å². The zero-order chi connectivity index (χ0) is 37.1. The van der Waals surface area contributed by atoms with Crippen LogP contribution in [0.5, 0.6) is 0 Å². The summed E-state index contributed by atoms with van der Waals surface area (Å²) >= 11 is 0. The lowest BCUT2D eigenvalue weighted by Gasteiger charge is -2.22. The number of allylic oxidation sites excluding steroid dienone is 4. The molecule has 1 amide bonds. The SMILES string of the molecule is CCCCCCC/C=C\C/C=C\CCCCCCCCCCCCCCCCCCCCCCCC(=O)NC(CO)C(O)CCCCCCCC. The molecule has 0 aromatic rings. The van der Waals surface area contributed by atoms with Gasteiger partial charge >= 0.3 is 0 Å². The van der Waals surface area contributed by atoms with Crippen molar-refractivity contribution in [3.63, 3.8) is 0 Å². The third-order valence-corrected chi connectivity index (χ3v) is 10.7. The van der Waals surface area contributed by atoms with E-state index >= 15 is 0 Å². The van der Waals surface area contributed by atoms with Gasteiger partial charge in [-0.25, -0.2) is 0 Å². The van der Waals surface area contributed by atoms with Gasteiger partial charge in [0, 0.05) is 6.42 Å². The summed E-state index contributed by atoms with van der Waals surface area (Å²) in [6, 6.07) is -0.529. The molecule has 0 heterocycles. The molecule has 2 atom stereocenters. The first-order chi connectivity index (χ1) is 25.2. The second-order valence-electron chi connectivity index (χ2n) is 15.8. The third-order valence-electron chi connectivity index (χ3n) is 10.7. The fourth-order valence-corrected chi connectivity index (χ4v) is 7.16. The van der Waals surface area contributed by atoms with E-state index in [9.17, 15) is 15.0 Å². The lowest BCUT2D eigenvalue weighted by atomic mass is 10.0. The Morgan fingerprint density at radius 3 is 1.18 bits per heavy atom. The summed E-state index contributed by atoms with van der Waals surface area (Å²) in [4.78, 5) is 12.3. The highest BCUT2D eigenvalue weighted by molar-refractivity contribution is 5.76. The first kappa shape index (κ1) is 49.9. The standard InChI is InChI=1S/C47H91NO3/c1-3-5-7-9-11-12-13-14-15-16-17-18-19-20-21-22-23-24-25-26-27-28-29-30-31-32-33-34-35-36-37-39-41-43-47(51)48-45(44-49)46(50)42-40-38-10-8-6-4-2/h13-14,16-17,45-46,49-50H,3-12,15,18-44H2,1-2H3,(H,48,51)/b14-13-,17-16-. The van der Waals surface area contributed by atoms with Crippen LogP contribution in [0.25, 0.3) is 0 Å². The van der Waals surface area contributed by atoms with Gasteiger partial charge in [0.05, 0.1) is 18.8 Å². The van der Waals surface area contributed by atoms with Gasteiger partial charge in [-0.1, -0.05) is 224 Å². The molecule has 3 N–H and O–H groups in total.